The first-order valence-corrected chi connectivity index (χ1v) is 13.2. The number of rotatable bonds is 10. The summed E-state index contributed by atoms with van der Waals surface area (Å²) in [5, 5.41) is 15.7. The average Bonchev–Trinajstić information content (AvgIpc) is 3.34. The van der Waals surface area contributed by atoms with Crippen LogP contribution in [0.3, 0.4) is 0 Å². The van der Waals surface area contributed by atoms with Crippen LogP contribution in [0.15, 0.2) is 48.8 Å². The van der Waals surface area contributed by atoms with Crippen molar-refractivity contribution in [3.63, 3.8) is 0 Å². The molecule has 0 radical (unpaired) electrons. The summed E-state index contributed by atoms with van der Waals surface area (Å²) in [6.07, 6.45) is 8.96. The first kappa shape index (κ1) is 26.7. The minimum atomic E-state index is -0.706. The van der Waals surface area contributed by atoms with Crippen molar-refractivity contribution < 1.29 is 14.0 Å². The predicted molar refractivity (Wildman–Crippen MR) is 144 cm³/mol. The molecule has 1 fully saturated rings. The highest BCUT2D eigenvalue weighted by Crippen LogP contribution is 2.30. The van der Waals surface area contributed by atoms with E-state index in [-0.39, 0.29) is 29.1 Å². The molecule has 4 rings (SSSR count). The number of fused-ring (bicyclic) bond motifs is 1. The van der Waals surface area contributed by atoms with Gasteiger partial charge in [-0.15, -0.1) is 0 Å². The van der Waals surface area contributed by atoms with Crippen LogP contribution in [0.2, 0.25) is 0 Å². The average molecular weight is 506 g/mol. The number of carbonyl (C=O) groups is 2. The van der Waals surface area contributed by atoms with Crippen molar-refractivity contribution in [3.8, 4) is 5.82 Å². The largest absolute Gasteiger partial charge is 0.344 e. The van der Waals surface area contributed by atoms with Gasteiger partial charge in [0.15, 0.2) is 5.78 Å². The number of hydrogen-bond acceptors (Lipinski definition) is 5. The van der Waals surface area contributed by atoms with Crippen molar-refractivity contribution in [2.45, 2.75) is 70.4 Å². The Hall–Kier alpha value is -3.39. The Morgan fingerprint density at radius 3 is 2.62 bits per heavy atom. The normalized spacial score (nSPS) is 16.8. The summed E-state index contributed by atoms with van der Waals surface area (Å²) in [5.41, 5.74) is 1.49. The molecule has 3 N–H and O–H groups in total. The van der Waals surface area contributed by atoms with Gasteiger partial charge in [-0.25, -0.2) is 9.37 Å². The van der Waals surface area contributed by atoms with Crippen LogP contribution in [0, 0.1) is 17.1 Å². The number of pyridine rings is 1. The molecule has 3 atom stereocenters. The number of Topliss-reactive ketones (excluding diaryl/α,β-unsaturated/α-hetero) is 1. The summed E-state index contributed by atoms with van der Waals surface area (Å²) in [4.78, 5) is 31.0. The van der Waals surface area contributed by atoms with Gasteiger partial charge in [-0.2, -0.15) is 0 Å². The summed E-state index contributed by atoms with van der Waals surface area (Å²) in [5.74, 6) is -0.700. The SMILES string of the molecule is CC[C@@H](C(=N)C(=O)[C@@H](NC(=O)[C@H](C)NC)C1CCCCC1)c1ccnc(-n2ccc3ccc(F)cc32)c1. The van der Waals surface area contributed by atoms with Crippen LogP contribution in [-0.4, -0.2) is 46.1 Å². The molecule has 0 bridgehead atoms. The van der Waals surface area contributed by atoms with Gasteiger partial charge in [-0.1, -0.05) is 26.2 Å². The molecule has 8 heteroatoms. The fourth-order valence-electron chi connectivity index (χ4n) is 5.30. The van der Waals surface area contributed by atoms with E-state index in [1.165, 1.54) is 12.1 Å². The smallest absolute Gasteiger partial charge is 0.237 e. The second-order valence-electron chi connectivity index (χ2n) is 9.97. The van der Waals surface area contributed by atoms with Crippen molar-refractivity contribution in [1.29, 1.82) is 5.41 Å². The van der Waals surface area contributed by atoms with Gasteiger partial charge in [0, 0.05) is 23.7 Å². The molecule has 2 aromatic heterocycles. The van der Waals surface area contributed by atoms with Gasteiger partial charge in [0.1, 0.15) is 11.6 Å². The molecule has 1 saturated carbocycles. The zero-order valence-corrected chi connectivity index (χ0v) is 21.8. The van der Waals surface area contributed by atoms with Crippen LogP contribution in [0.5, 0.6) is 0 Å². The molecule has 0 spiro atoms. The van der Waals surface area contributed by atoms with E-state index in [0.29, 0.717) is 17.8 Å². The van der Waals surface area contributed by atoms with E-state index in [1.54, 1.807) is 26.2 Å². The molecule has 0 saturated heterocycles. The maximum Gasteiger partial charge on any atom is 0.237 e. The van der Waals surface area contributed by atoms with E-state index < -0.39 is 18.0 Å². The van der Waals surface area contributed by atoms with Gasteiger partial charge in [-0.3, -0.25) is 9.59 Å². The zero-order chi connectivity index (χ0) is 26.5. The summed E-state index contributed by atoms with van der Waals surface area (Å²) in [6, 6.07) is 9.06. The Kier molecular flexibility index (Phi) is 8.48. The highest BCUT2D eigenvalue weighted by molar-refractivity contribution is 6.42. The molecule has 196 valence electrons. The quantitative estimate of drug-likeness (QED) is 0.341. The minimum absolute atomic E-state index is 0.00366. The number of carbonyl (C=O) groups excluding carboxylic acids is 2. The molecular formula is C29H36FN5O2. The van der Waals surface area contributed by atoms with Crippen molar-refractivity contribution in [2.24, 2.45) is 5.92 Å². The molecule has 7 nitrogen and oxygen atoms in total. The van der Waals surface area contributed by atoms with Crippen molar-refractivity contribution in [1.82, 2.24) is 20.2 Å². The fraction of sp³-hybridized carbons (Fsp3) is 0.448. The van der Waals surface area contributed by atoms with E-state index in [4.69, 9.17) is 5.41 Å². The van der Waals surface area contributed by atoms with Crippen LogP contribution in [0.4, 0.5) is 4.39 Å². The third-order valence-electron chi connectivity index (χ3n) is 7.62. The Balaban J connectivity index is 1.62. The Bertz CT molecular complexity index is 1280. The first-order valence-electron chi connectivity index (χ1n) is 13.2. The van der Waals surface area contributed by atoms with Crippen LogP contribution in [-0.2, 0) is 9.59 Å². The predicted octanol–water partition coefficient (Wildman–Crippen LogP) is 4.92. The molecule has 1 aromatic carbocycles. The number of hydrogen-bond donors (Lipinski definition) is 3. The lowest BCUT2D eigenvalue weighted by Crippen LogP contribution is -2.53. The summed E-state index contributed by atoms with van der Waals surface area (Å²) in [7, 11) is 1.71. The maximum atomic E-state index is 13.9. The summed E-state index contributed by atoms with van der Waals surface area (Å²) < 4.78 is 15.7. The second kappa shape index (κ2) is 11.8. The van der Waals surface area contributed by atoms with Gasteiger partial charge >= 0.3 is 0 Å². The molecule has 1 aliphatic rings. The second-order valence-corrected chi connectivity index (χ2v) is 9.97. The van der Waals surface area contributed by atoms with Crippen molar-refractivity contribution in [3.05, 3.63) is 60.2 Å². The van der Waals surface area contributed by atoms with E-state index in [1.807, 2.05) is 35.9 Å². The Morgan fingerprint density at radius 2 is 1.92 bits per heavy atom. The van der Waals surface area contributed by atoms with Crippen LogP contribution >= 0.6 is 0 Å². The lowest BCUT2D eigenvalue weighted by Gasteiger charge is -2.32. The molecule has 1 amide bonds. The lowest BCUT2D eigenvalue weighted by atomic mass is 9.78. The van der Waals surface area contributed by atoms with E-state index in [0.717, 1.165) is 43.1 Å². The highest BCUT2D eigenvalue weighted by Gasteiger charge is 2.36. The highest BCUT2D eigenvalue weighted by atomic mass is 19.1. The Morgan fingerprint density at radius 1 is 1.16 bits per heavy atom. The number of ketones is 1. The number of halogens is 1. The molecule has 37 heavy (non-hydrogen) atoms. The van der Waals surface area contributed by atoms with Crippen LogP contribution in [0.1, 0.15) is 63.9 Å². The number of nitrogens with one attached hydrogen (secondary N) is 3. The van der Waals surface area contributed by atoms with Gasteiger partial charge in [0.2, 0.25) is 5.91 Å². The van der Waals surface area contributed by atoms with Crippen molar-refractivity contribution >= 4 is 28.3 Å². The summed E-state index contributed by atoms with van der Waals surface area (Å²) >= 11 is 0. The molecule has 3 aromatic rings. The van der Waals surface area contributed by atoms with E-state index in [9.17, 15) is 14.0 Å². The molecule has 0 aliphatic heterocycles. The van der Waals surface area contributed by atoms with Gasteiger partial charge in [0.25, 0.3) is 0 Å². The first-order chi connectivity index (χ1) is 17.8. The third kappa shape index (κ3) is 5.80. The van der Waals surface area contributed by atoms with E-state index in [2.05, 4.69) is 15.6 Å². The minimum Gasteiger partial charge on any atom is -0.344 e. The van der Waals surface area contributed by atoms with Crippen LogP contribution < -0.4 is 10.6 Å². The third-order valence-corrected chi connectivity index (χ3v) is 7.62. The van der Waals surface area contributed by atoms with Gasteiger partial charge < -0.3 is 20.6 Å². The van der Waals surface area contributed by atoms with E-state index >= 15 is 0 Å². The topological polar surface area (TPSA) is 99.9 Å². The van der Waals surface area contributed by atoms with Gasteiger partial charge in [-0.05, 0) is 81.1 Å². The lowest BCUT2D eigenvalue weighted by molar-refractivity contribution is -0.127. The number of aromatic nitrogens is 2. The number of benzene rings is 1. The number of nitrogens with zero attached hydrogens (tertiary/aromatic N) is 2. The maximum absolute atomic E-state index is 13.9. The molecule has 2 heterocycles. The monoisotopic (exact) mass is 505 g/mol. The zero-order valence-electron chi connectivity index (χ0n) is 21.8. The fourth-order valence-corrected chi connectivity index (χ4v) is 5.30. The van der Waals surface area contributed by atoms with Gasteiger partial charge in [0.05, 0.1) is 23.3 Å². The number of likely N-dealkylation sites (N-methyl/N-ethyl adjacent to an activating group) is 1. The molecular weight excluding hydrogens is 469 g/mol. The summed E-state index contributed by atoms with van der Waals surface area (Å²) in [6.45, 7) is 3.71. The number of amides is 1. The van der Waals surface area contributed by atoms with Crippen molar-refractivity contribution in [2.75, 3.05) is 7.05 Å². The molecule has 1 aliphatic carbocycles. The van der Waals surface area contributed by atoms with Crippen LogP contribution in [0.25, 0.3) is 16.7 Å². The standard InChI is InChI=1S/C29H36FN5O2/c1-4-23(21-12-14-33-25(16-21)35-15-13-19-10-11-22(30)17-24(19)35)26(31)28(36)27(20-8-6-5-7-9-20)34-29(37)18(2)32-3/h10-18,20,23,27,31-32H,4-9H2,1-3H3,(H,34,37)/t18-,23+,27-/m0/s1. The molecule has 0 unspecified atom stereocenters. The Labute approximate surface area is 217 Å².